The molecule has 9 heteroatoms. The zero-order chi connectivity index (χ0) is 16.2. The molecule has 0 unspecified atom stereocenters. The van der Waals surface area contributed by atoms with Gasteiger partial charge in [-0.2, -0.15) is 0 Å². The highest BCUT2D eigenvalue weighted by Crippen LogP contribution is 2.26. The smallest absolute Gasteiger partial charge is 0.409 e. The first-order chi connectivity index (χ1) is 11.1. The number of nitrogens with zero attached hydrogens (tertiary/aromatic N) is 4. The number of hydrogen-bond donors (Lipinski definition) is 2. The van der Waals surface area contributed by atoms with Crippen molar-refractivity contribution in [3.05, 3.63) is 11.9 Å². The monoisotopic (exact) mass is 322 g/mol. The minimum atomic E-state index is -0.333. The van der Waals surface area contributed by atoms with E-state index < -0.39 is 0 Å². The number of carbonyl (C=O) groups excluding carboxylic acids is 2. The van der Waals surface area contributed by atoms with Gasteiger partial charge in [-0.05, 0) is 25.7 Å². The van der Waals surface area contributed by atoms with Crippen molar-refractivity contribution in [3.63, 3.8) is 0 Å². The minimum Gasteiger partial charge on any atom is -0.448 e. The van der Waals surface area contributed by atoms with Crippen molar-refractivity contribution >= 4 is 12.0 Å². The van der Waals surface area contributed by atoms with E-state index in [0.717, 1.165) is 25.7 Å². The lowest BCUT2D eigenvalue weighted by molar-refractivity contribution is 0.0943. The fourth-order valence-corrected chi connectivity index (χ4v) is 2.95. The summed E-state index contributed by atoms with van der Waals surface area (Å²) in [7, 11) is 0. The van der Waals surface area contributed by atoms with E-state index in [0.29, 0.717) is 31.9 Å². The van der Waals surface area contributed by atoms with Crippen molar-refractivity contribution in [2.24, 2.45) is 5.73 Å². The molecule has 0 aromatic carbocycles. The van der Waals surface area contributed by atoms with E-state index in [1.54, 1.807) is 15.8 Å². The van der Waals surface area contributed by atoms with E-state index in [9.17, 15) is 9.59 Å². The Bertz CT molecular complexity index is 567. The van der Waals surface area contributed by atoms with Gasteiger partial charge in [-0.3, -0.25) is 4.79 Å². The average Bonchev–Trinajstić information content (AvgIpc) is 3.18. The SMILES string of the molecule is NC1CCC(n2cc(C(=O)NCCN3CCOC3=O)nn2)CC1. The van der Waals surface area contributed by atoms with E-state index in [2.05, 4.69) is 15.6 Å². The number of carbonyl (C=O) groups is 2. The molecule has 3 rings (SSSR count). The Labute approximate surface area is 134 Å². The van der Waals surface area contributed by atoms with Gasteiger partial charge >= 0.3 is 6.09 Å². The Morgan fingerprint density at radius 2 is 2.17 bits per heavy atom. The minimum absolute atomic E-state index is 0.267. The number of hydrogen-bond acceptors (Lipinski definition) is 6. The summed E-state index contributed by atoms with van der Waals surface area (Å²) in [6.07, 6.45) is 5.21. The molecular weight excluding hydrogens is 300 g/mol. The van der Waals surface area contributed by atoms with Crippen LogP contribution in [0.5, 0.6) is 0 Å². The lowest BCUT2D eigenvalue weighted by Crippen LogP contribution is -2.35. The second-order valence-corrected chi connectivity index (χ2v) is 6.01. The molecule has 1 aliphatic carbocycles. The maximum atomic E-state index is 12.1. The molecule has 1 saturated heterocycles. The van der Waals surface area contributed by atoms with Crippen LogP contribution in [-0.2, 0) is 4.74 Å². The summed E-state index contributed by atoms with van der Waals surface area (Å²) in [6.45, 7) is 1.76. The summed E-state index contributed by atoms with van der Waals surface area (Å²) in [5.74, 6) is -0.281. The number of nitrogens with two attached hydrogens (primary N) is 1. The predicted molar refractivity (Wildman–Crippen MR) is 80.8 cm³/mol. The van der Waals surface area contributed by atoms with Crippen LogP contribution < -0.4 is 11.1 Å². The molecule has 2 aliphatic rings. The second kappa shape index (κ2) is 6.95. The van der Waals surface area contributed by atoms with Crippen molar-refractivity contribution in [2.75, 3.05) is 26.2 Å². The average molecular weight is 322 g/mol. The molecule has 2 heterocycles. The van der Waals surface area contributed by atoms with Gasteiger partial charge in [0.05, 0.1) is 18.8 Å². The summed E-state index contributed by atoms with van der Waals surface area (Å²) in [4.78, 5) is 24.9. The first kappa shape index (κ1) is 15.7. The molecule has 1 saturated carbocycles. The van der Waals surface area contributed by atoms with Crippen LogP contribution in [-0.4, -0.2) is 64.2 Å². The summed E-state index contributed by atoms with van der Waals surface area (Å²) >= 11 is 0. The third-order valence-corrected chi connectivity index (χ3v) is 4.37. The van der Waals surface area contributed by atoms with Gasteiger partial charge in [0.15, 0.2) is 5.69 Å². The number of aromatic nitrogens is 3. The maximum absolute atomic E-state index is 12.1. The van der Waals surface area contributed by atoms with E-state index in [4.69, 9.17) is 10.5 Å². The lowest BCUT2D eigenvalue weighted by Gasteiger charge is -2.25. The van der Waals surface area contributed by atoms with E-state index in [1.807, 2.05) is 0 Å². The van der Waals surface area contributed by atoms with Gasteiger partial charge in [-0.15, -0.1) is 5.10 Å². The molecule has 9 nitrogen and oxygen atoms in total. The van der Waals surface area contributed by atoms with Crippen molar-refractivity contribution in [2.45, 2.75) is 37.8 Å². The Morgan fingerprint density at radius 3 is 2.87 bits per heavy atom. The van der Waals surface area contributed by atoms with E-state index in [-0.39, 0.29) is 24.1 Å². The lowest BCUT2D eigenvalue weighted by atomic mass is 9.92. The van der Waals surface area contributed by atoms with E-state index in [1.165, 1.54) is 0 Å². The van der Waals surface area contributed by atoms with Crippen LogP contribution in [0.3, 0.4) is 0 Å². The Morgan fingerprint density at radius 1 is 1.39 bits per heavy atom. The molecular formula is C14H22N6O3. The second-order valence-electron chi connectivity index (χ2n) is 6.01. The third kappa shape index (κ3) is 3.79. The van der Waals surface area contributed by atoms with Gasteiger partial charge in [0, 0.05) is 19.1 Å². The fraction of sp³-hybridized carbons (Fsp3) is 0.714. The number of ether oxygens (including phenoxy) is 1. The topological polar surface area (TPSA) is 115 Å². The van der Waals surface area contributed by atoms with Crippen molar-refractivity contribution < 1.29 is 14.3 Å². The van der Waals surface area contributed by atoms with Gasteiger partial charge in [-0.1, -0.05) is 5.21 Å². The molecule has 2 amide bonds. The summed E-state index contributed by atoms with van der Waals surface area (Å²) in [5, 5.41) is 10.7. The third-order valence-electron chi connectivity index (χ3n) is 4.37. The Kier molecular flexibility index (Phi) is 4.75. The standard InChI is InChI=1S/C14H22N6O3/c15-10-1-3-11(4-2-10)20-9-12(17-18-20)13(21)16-5-6-19-7-8-23-14(19)22/h9-11H,1-8,15H2,(H,16,21). The zero-order valence-corrected chi connectivity index (χ0v) is 13.0. The van der Waals surface area contributed by atoms with Gasteiger partial charge in [0.25, 0.3) is 5.91 Å². The molecule has 126 valence electrons. The highest BCUT2D eigenvalue weighted by molar-refractivity contribution is 5.91. The van der Waals surface area contributed by atoms with Gasteiger partial charge in [-0.25, -0.2) is 9.48 Å². The molecule has 1 aliphatic heterocycles. The molecule has 1 aromatic rings. The number of cyclic esters (lactones) is 1. The fourth-order valence-electron chi connectivity index (χ4n) is 2.95. The summed E-state index contributed by atoms with van der Waals surface area (Å²) < 4.78 is 6.59. The normalized spacial score (nSPS) is 24.6. The molecule has 2 fully saturated rings. The molecule has 0 bridgehead atoms. The highest BCUT2D eigenvalue weighted by atomic mass is 16.6. The molecule has 3 N–H and O–H groups in total. The van der Waals surface area contributed by atoms with Gasteiger partial charge in [0.1, 0.15) is 6.61 Å². The largest absolute Gasteiger partial charge is 0.448 e. The Hall–Kier alpha value is -2.16. The summed E-state index contributed by atoms with van der Waals surface area (Å²) in [6, 6.07) is 0.540. The van der Waals surface area contributed by atoms with Crippen molar-refractivity contribution in [1.29, 1.82) is 0 Å². The van der Waals surface area contributed by atoms with Gasteiger partial charge < -0.3 is 20.7 Å². The van der Waals surface area contributed by atoms with Crippen molar-refractivity contribution in [3.8, 4) is 0 Å². The molecule has 0 spiro atoms. The van der Waals surface area contributed by atoms with Gasteiger partial charge in [0.2, 0.25) is 0 Å². The zero-order valence-electron chi connectivity index (χ0n) is 13.0. The van der Waals surface area contributed by atoms with Crippen LogP contribution >= 0.6 is 0 Å². The van der Waals surface area contributed by atoms with Crippen LogP contribution in [0.4, 0.5) is 4.79 Å². The number of amides is 2. The number of nitrogens with one attached hydrogen (secondary N) is 1. The first-order valence-electron chi connectivity index (χ1n) is 8.01. The van der Waals surface area contributed by atoms with E-state index >= 15 is 0 Å². The molecule has 0 atom stereocenters. The Balaban J connectivity index is 1.47. The molecule has 0 radical (unpaired) electrons. The maximum Gasteiger partial charge on any atom is 0.409 e. The molecule has 1 aromatic heterocycles. The predicted octanol–water partition coefficient (Wildman–Crippen LogP) is -0.0975. The summed E-state index contributed by atoms with van der Waals surface area (Å²) in [5.41, 5.74) is 6.19. The van der Waals surface area contributed by atoms with Crippen LogP contribution in [0.1, 0.15) is 42.2 Å². The van der Waals surface area contributed by atoms with Crippen LogP contribution in [0.15, 0.2) is 6.20 Å². The number of rotatable bonds is 5. The van der Waals surface area contributed by atoms with Crippen LogP contribution in [0, 0.1) is 0 Å². The van der Waals surface area contributed by atoms with Crippen LogP contribution in [0.2, 0.25) is 0 Å². The quantitative estimate of drug-likeness (QED) is 0.782. The van der Waals surface area contributed by atoms with Crippen molar-refractivity contribution in [1.82, 2.24) is 25.2 Å². The first-order valence-corrected chi connectivity index (χ1v) is 8.01. The highest BCUT2D eigenvalue weighted by Gasteiger charge is 2.23. The molecule has 23 heavy (non-hydrogen) atoms. The van der Waals surface area contributed by atoms with Crippen LogP contribution in [0.25, 0.3) is 0 Å².